The first kappa shape index (κ1) is 19.2. The van der Waals surface area contributed by atoms with Gasteiger partial charge in [-0.15, -0.1) is 0 Å². The molecule has 1 aliphatic carbocycles. The average Bonchev–Trinajstić information content (AvgIpc) is 2.94. The number of benzene rings is 1. The zero-order chi connectivity index (χ0) is 18.9. The predicted octanol–water partition coefficient (Wildman–Crippen LogP) is 3.41. The molecular formula is C16H17ClF3N3O2S. The number of nitrogens with zero attached hydrogens (tertiary/aromatic N) is 2. The molecule has 0 radical (unpaired) electrons. The van der Waals surface area contributed by atoms with Crippen molar-refractivity contribution in [2.45, 2.75) is 43.3 Å². The predicted molar refractivity (Wildman–Crippen MR) is 90.5 cm³/mol. The molecule has 0 amide bonds. The van der Waals surface area contributed by atoms with Gasteiger partial charge in [0.2, 0.25) is 10.0 Å². The highest BCUT2D eigenvalue weighted by atomic mass is 35.5. The Morgan fingerprint density at radius 1 is 1.23 bits per heavy atom. The van der Waals surface area contributed by atoms with E-state index in [0.717, 1.165) is 6.42 Å². The Morgan fingerprint density at radius 2 is 1.96 bits per heavy atom. The van der Waals surface area contributed by atoms with Crippen LogP contribution in [-0.2, 0) is 35.6 Å². The molecule has 0 atom stereocenters. The number of nitrogens with one attached hydrogen (secondary N) is 1. The minimum atomic E-state index is -4.51. The fourth-order valence-electron chi connectivity index (χ4n) is 3.09. The largest absolute Gasteiger partial charge is 0.435 e. The third kappa shape index (κ3) is 4.05. The van der Waals surface area contributed by atoms with Crippen LogP contribution in [0.4, 0.5) is 13.2 Å². The summed E-state index contributed by atoms with van der Waals surface area (Å²) in [5.41, 5.74) is -0.0723. The zero-order valence-corrected chi connectivity index (χ0v) is 15.3. The van der Waals surface area contributed by atoms with E-state index in [1.54, 1.807) is 6.07 Å². The van der Waals surface area contributed by atoms with Crippen LogP contribution in [0.3, 0.4) is 0 Å². The third-order valence-electron chi connectivity index (χ3n) is 4.25. The molecule has 5 nitrogen and oxygen atoms in total. The first-order chi connectivity index (χ1) is 12.2. The summed E-state index contributed by atoms with van der Waals surface area (Å²) in [5, 5.41) is 3.99. The van der Waals surface area contributed by atoms with Crippen LogP contribution in [0.15, 0.2) is 29.2 Å². The Labute approximate surface area is 154 Å². The van der Waals surface area contributed by atoms with Crippen LogP contribution in [0.5, 0.6) is 0 Å². The van der Waals surface area contributed by atoms with Crippen LogP contribution in [0, 0.1) is 0 Å². The Balaban J connectivity index is 1.75. The zero-order valence-electron chi connectivity index (χ0n) is 13.7. The summed E-state index contributed by atoms with van der Waals surface area (Å²) in [5.74, 6) is 0. The van der Waals surface area contributed by atoms with Gasteiger partial charge in [0.15, 0.2) is 5.69 Å². The van der Waals surface area contributed by atoms with Crippen molar-refractivity contribution in [3.05, 3.63) is 46.2 Å². The van der Waals surface area contributed by atoms with E-state index in [0.29, 0.717) is 25.0 Å². The summed E-state index contributed by atoms with van der Waals surface area (Å²) in [6.45, 7) is -0.0432. The van der Waals surface area contributed by atoms with Gasteiger partial charge in [-0.1, -0.05) is 17.7 Å². The minimum Gasteiger partial charge on any atom is -0.267 e. The van der Waals surface area contributed by atoms with E-state index in [1.807, 2.05) is 0 Å². The van der Waals surface area contributed by atoms with Crippen molar-refractivity contribution in [3.8, 4) is 0 Å². The molecule has 0 fully saturated rings. The quantitative estimate of drug-likeness (QED) is 0.826. The van der Waals surface area contributed by atoms with Crippen LogP contribution in [0.1, 0.15) is 29.8 Å². The minimum absolute atomic E-state index is 0.00322. The molecule has 26 heavy (non-hydrogen) atoms. The van der Waals surface area contributed by atoms with Gasteiger partial charge in [0, 0.05) is 22.8 Å². The van der Waals surface area contributed by atoms with Crippen molar-refractivity contribution in [1.82, 2.24) is 14.5 Å². The van der Waals surface area contributed by atoms with Crippen LogP contribution in [-0.4, -0.2) is 24.7 Å². The lowest BCUT2D eigenvalue weighted by Gasteiger charge is -2.15. The number of rotatable bonds is 5. The topological polar surface area (TPSA) is 64.0 Å². The maximum Gasteiger partial charge on any atom is 0.435 e. The standard InChI is InChI=1S/C16H17ClF3N3O2S/c17-11-4-3-5-12(10-11)26(24,25)21-8-9-23-14-7-2-1-6-13(14)15(22-23)16(18,19)20/h3-5,10,21H,1-2,6-9H2. The van der Waals surface area contributed by atoms with E-state index >= 15 is 0 Å². The van der Waals surface area contributed by atoms with Gasteiger partial charge in [0.1, 0.15) is 0 Å². The fraction of sp³-hybridized carbons (Fsp3) is 0.438. The van der Waals surface area contributed by atoms with Gasteiger partial charge in [-0.05, 0) is 43.9 Å². The van der Waals surface area contributed by atoms with Crippen molar-refractivity contribution in [1.29, 1.82) is 0 Å². The molecule has 1 aromatic carbocycles. The van der Waals surface area contributed by atoms with Gasteiger partial charge in [0.05, 0.1) is 11.4 Å². The molecule has 1 heterocycles. The molecule has 0 spiro atoms. The van der Waals surface area contributed by atoms with E-state index in [9.17, 15) is 21.6 Å². The third-order valence-corrected chi connectivity index (χ3v) is 5.94. The maximum absolute atomic E-state index is 13.2. The summed E-state index contributed by atoms with van der Waals surface area (Å²) in [6, 6.07) is 5.76. The van der Waals surface area contributed by atoms with Crippen molar-refractivity contribution in [2.75, 3.05) is 6.54 Å². The Kier molecular flexibility index (Phi) is 5.32. The summed E-state index contributed by atoms with van der Waals surface area (Å²) in [4.78, 5) is 0.00322. The van der Waals surface area contributed by atoms with Gasteiger partial charge in [-0.2, -0.15) is 18.3 Å². The fourth-order valence-corrected chi connectivity index (χ4v) is 4.41. The maximum atomic E-state index is 13.2. The molecule has 1 N–H and O–H groups in total. The molecule has 1 aliphatic rings. The Hall–Kier alpha value is -1.58. The lowest BCUT2D eigenvalue weighted by Crippen LogP contribution is -2.28. The average molecular weight is 408 g/mol. The number of halogens is 4. The first-order valence-corrected chi connectivity index (χ1v) is 9.95. The molecular weight excluding hydrogens is 391 g/mol. The van der Waals surface area contributed by atoms with E-state index in [1.165, 1.54) is 22.9 Å². The van der Waals surface area contributed by atoms with Gasteiger partial charge >= 0.3 is 6.18 Å². The second-order valence-electron chi connectivity index (χ2n) is 6.06. The van der Waals surface area contributed by atoms with Gasteiger partial charge in [-0.25, -0.2) is 13.1 Å². The molecule has 142 valence electrons. The number of sulfonamides is 1. The summed E-state index contributed by atoms with van der Waals surface area (Å²) in [7, 11) is -3.79. The number of aromatic nitrogens is 2. The number of hydrogen-bond acceptors (Lipinski definition) is 3. The van der Waals surface area contributed by atoms with Gasteiger partial charge < -0.3 is 0 Å². The van der Waals surface area contributed by atoms with Gasteiger partial charge in [0.25, 0.3) is 0 Å². The molecule has 1 aromatic heterocycles. The molecule has 0 unspecified atom stereocenters. The second kappa shape index (κ2) is 7.21. The second-order valence-corrected chi connectivity index (χ2v) is 8.26. The van der Waals surface area contributed by atoms with E-state index in [-0.39, 0.29) is 28.6 Å². The van der Waals surface area contributed by atoms with Crippen molar-refractivity contribution >= 4 is 21.6 Å². The monoisotopic (exact) mass is 407 g/mol. The van der Waals surface area contributed by atoms with Crippen molar-refractivity contribution in [3.63, 3.8) is 0 Å². The van der Waals surface area contributed by atoms with Crippen LogP contribution in [0.25, 0.3) is 0 Å². The molecule has 2 aromatic rings. The normalized spacial score (nSPS) is 15.1. The summed E-state index contributed by atoms with van der Waals surface area (Å²) < 4.78 is 67.6. The molecule has 10 heteroatoms. The number of hydrogen-bond donors (Lipinski definition) is 1. The summed E-state index contributed by atoms with van der Waals surface area (Å²) in [6.07, 6.45) is -2.15. The lowest BCUT2D eigenvalue weighted by molar-refractivity contribution is -0.142. The van der Waals surface area contributed by atoms with E-state index in [2.05, 4.69) is 9.82 Å². The highest BCUT2D eigenvalue weighted by molar-refractivity contribution is 7.89. The van der Waals surface area contributed by atoms with Crippen molar-refractivity contribution < 1.29 is 21.6 Å². The lowest BCUT2D eigenvalue weighted by atomic mass is 9.95. The summed E-state index contributed by atoms with van der Waals surface area (Å²) >= 11 is 5.79. The molecule has 3 rings (SSSR count). The molecule has 0 saturated heterocycles. The first-order valence-electron chi connectivity index (χ1n) is 8.09. The molecule has 0 aliphatic heterocycles. The number of fused-ring (bicyclic) bond motifs is 1. The van der Waals surface area contributed by atoms with Crippen molar-refractivity contribution in [2.24, 2.45) is 0 Å². The van der Waals surface area contributed by atoms with Crippen LogP contribution in [0.2, 0.25) is 5.02 Å². The SMILES string of the molecule is O=S(=O)(NCCn1nc(C(F)(F)F)c2c1CCCC2)c1cccc(Cl)c1. The smallest absolute Gasteiger partial charge is 0.267 e. The molecule has 0 bridgehead atoms. The highest BCUT2D eigenvalue weighted by Gasteiger charge is 2.39. The number of alkyl halides is 3. The highest BCUT2D eigenvalue weighted by Crippen LogP contribution is 2.35. The molecule has 0 saturated carbocycles. The van der Waals surface area contributed by atoms with E-state index < -0.39 is 21.9 Å². The Morgan fingerprint density at radius 3 is 2.65 bits per heavy atom. The van der Waals surface area contributed by atoms with E-state index in [4.69, 9.17) is 11.6 Å². The Bertz CT molecular complexity index is 910. The van der Waals surface area contributed by atoms with Crippen LogP contribution >= 0.6 is 11.6 Å². The van der Waals surface area contributed by atoms with Gasteiger partial charge in [-0.3, -0.25) is 4.68 Å². The van der Waals surface area contributed by atoms with Crippen LogP contribution < -0.4 is 4.72 Å².